The molecule has 1 nitrogen and oxygen atoms in total. The van der Waals surface area contributed by atoms with E-state index >= 15 is 0 Å². The van der Waals surface area contributed by atoms with Crippen LogP contribution in [0.5, 0.6) is 0 Å². The largest absolute Gasteiger partial charge is 0.318 e. The minimum atomic E-state index is -2.38. The molecule has 0 amide bonds. The van der Waals surface area contributed by atoms with Gasteiger partial charge in [-0.25, -0.2) is 0 Å². The van der Waals surface area contributed by atoms with Gasteiger partial charge in [-0.1, -0.05) is 0 Å². The monoisotopic (exact) mass is 337 g/mol. The molecular formula is C6H7BrF2IN. The van der Waals surface area contributed by atoms with Gasteiger partial charge in [0, 0.05) is 9.78 Å². The number of rotatable bonds is 1. The van der Waals surface area contributed by atoms with E-state index < -0.39 is 6.55 Å². The zero-order chi connectivity index (χ0) is 7.56. The van der Waals surface area contributed by atoms with Gasteiger partial charge in [0.1, 0.15) is 0 Å². The molecule has 0 saturated carbocycles. The summed E-state index contributed by atoms with van der Waals surface area (Å²) in [6.45, 7) is -2.05. The van der Waals surface area contributed by atoms with Crippen LogP contribution in [0.4, 0.5) is 8.78 Å². The van der Waals surface area contributed by atoms with Crippen LogP contribution in [0.15, 0.2) is 21.9 Å². The van der Waals surface area contributed by atoms with Crippen molar-refractivity contribution < 1.29 is 8.78 Å². The second kappa shape index (κ2) is 5.08. The summed E-state index contributed by atoms with van der Waals surface area (Å²) in [4.78, 5) is 0.988. The van der Waals surface area contributed by atoms with E-state index in [1.165, 1.54) is 6.20 Å². The summed E-state index contributed by atoms with van der Waals surface area (Å²) in [5.41, 5.74) is 0. The lowest BCUT2D eigenvalue weighted by Crippen LogP contribution is -2.25. The van der Waals surface area contributed by atoms with Gasteiger partial charge >= 0.3 is 6.55 Å². The maximum atomic E-state index is 11.9. The maximum absolute atomic E-state index is 11.9. The first-order valence-corrected chi connectivity index (χ1v) is 3.85. The third kappa shape index (κ3) is 3.50. The Bertz CT molecular complexity index is 181. The van der Waals surface area contributed by atoms with Crippen molar-refractivity contribution >= 4 is 39.6 Å². The van der Waals surface area contributed by atoms with Crippen LogP contribution in [0.2, 0.25) is 0 Å². The summed E-state index contributed by atoms with van der Waals surface area (Å²) in [6, 6.07) is 0. The van der Waals surface area contributed by atoms with Crippen LogP contribution in [0.1, 0.15) is 0 Å². The van der Waals surface area contributed by atoms with Gasteiger partial charge in [-0.3, -0.25) is 0 Å². The van der Waals surface area contributed by atoms with Gasteiger partial charge in [0.05, 0.1) is 6.54 Å². The van der Waals surface area contributed by atoms with Crippen LogP contribution in [-0.4, -0.2) is 18.0 Å². The zero-order valence-electron chi connectivity index (χ0n) is 5.51. The van der Waals surface area contributed by atoms with E-state index in [-0.39, 0.29) is 17.0 Å². The van der Waals surface area contributed by atoms with E-state index in [1.54, 1.807) is 6.08 Å². The quantitative estimate of drug-likeness (QED) is 0.525. The molecule has 0 unspecified atom stereocenters. The van der Waals surface area contributed by atoms with Gasteiger partial charge in [-0.2, -0.15) is 8.78 Å². The minimum Gasteiger partial charge on any atom is -0.318 e. The standard InChI is InChI=1S/C6H6F2IN.BrH/c7-6(8)10-3-1-2-5(9)4-10;/h1-3,6H,4H2;1H. The lowest BCUT2D eigenvalue weighted by molar-refractivity contribution is 0.0123. The molecule has 11 heavy (non-hydrogen) atoms. The number of nitrogens with zero attached hydrogens (tertiary/aromatic N) is 1. The van der Waals surface area contributed by atoms with Crippen LogP contribution < -0.4 is 0 Å². The van der Waals surface area contributed by atoms with E-state index in [9.17, 15) is 8.78 Å². The topological polar surface area (TPSA) is 3.24 Å². The van der Waals surface area contributed by atoms with Gasteiger partial charge in [-0.15, -0.1) is 17.0 Å². The first-order chi connectivity index (χ1) is 4.70. The van der Waals surface area contributed by atoms with Crippen molar-refractivity contribution in [3.8, 4) is 0 Å². The van der Waals surface area contributed by atoms with Crippen molar-refractivity contribution in [1.29, 1.82) is 0 Å². The lowest BCUT2D eigenvalue weighted by atomic mass is 10.4. The first-order valence-electron chi connectivity index (χ1n) is 2.77. The highest BCUT2D eigenvalue weighted by Gasteiger charge is 2.13. The number of hydrogen-bond acceptors (Lipinski definition) is 1. The molecule has 5 heteroatoms. The summed E-state index contributed by atoms with van der Waals surface area (Å²) < 4.78 is 24.8. The molecule has 0 radical (unpaired) electrons. The smallest absolute Gasteiger partial charge is 0.315 e. The molecule has 64 valence electrons. The lowest BCUT2D eigenvalue weighted by Gasteiger charge is -2.20. The molecule has 0 aromatic heterocycles. The Kier molecular flexibility index (Phi) is 5.24. The second-order valence-electron chi connectivity index (χ2n) is 1.91. The summed E-state index contributed by atoms with van der Waals surface area (Å²) in [5.74, 6) is 0. The molecule has 0 fully saturated rings. The van der Waals surface area contributed by atoms with Crippen molar-refractivity contribution in [3.63, 3.8) is 0 Å². The highest BCUT2D eigenvalue weighted by atomic mass is 127. The summed E-state index contributed by atoms with van der Waals surface area (Å²) in [7, 11) is 0. The van der Waals surface area contributed by atoms with Crippen molar-refractivity contribution in [2.75, 3.05) is 6.54 Å². The predicted octanol–water partition coefficient (Wildman–Crippen LogP) is 2.94. The Hall–Kier alpha value is 0.350. The number of hydrogen-bond donors (Lipinski definition) is 0. The average Bonchev–Trinajstić information content (AvgIpc) is 1.88. The van der Waals surface area contributed by atoms with Gasteiger partial charge in [0.15, 0.2) is 0 Å². The number of halogens is 4. The molecule has 1 heterocycles. The first kappa shape index (κ1) is 11.4. The van der Waals surface area contributed by atoms with Gasteiger partial charge in [0.2, 0.25) is 0 Å². The van der Waals surface area contributed by atoms with E-state index in [2.05, 4.69) is 0 Å². The van der Waals surface area contributed by atoms with Crippen LogP contribution in [0.3, 0.4) is 0 Å². The molecule has 1 aliphatic heterocycles. The second-order valence-corrected chi connectivity index (χ2v) is 3.29. The third-order valence-electron chi connectivity index (χ3n) is 1.14. The fourth-order valence-corrected chi connectivity index (χ4v) is 1.27. The van der Waals surface area contributed by atoms with E-state index in [1.807, 2.05) is 28.7 Å². The SMILES string of the molecule is Br.FC(F)N1C=CC=C(I)C1. The predicted molar refractivity (Wildman–Crippen MR) is 54.3 cm³/mol. The number of allylic oxidation sites excluding steroid dienone is 2. The minimum absolute atomic E-state index is 0. The molecule has 0 aliphatic carbocycles. The van der Waals surface area contributed by atoms with Crippen LogP contribution >= 0.6 is 39.6 Å². The molecular weight excluding hydrogens is 331 g/mol. The Labute approximate surface area is 88.0 Å². The fourth-order valence-electron chi connectivity index (χ4n) is 0.672. The van der Waals surface area contributed by atoms with Crippen molar-refractivity contribution in [2.24, 2.45) is 0 Å². The van der Waals surface area contributed by atoms with Crippen molar-refractivity contribution in [1.82, 2.24) is 4.90 Å². The highest BCUT2D eigenvalue weighted by molar-refractivity contribution is 14.1. The Morgan fingerprint density at radius 3 is 2.55 bits per heavy atom. The Morgan fingerprint density at radius 2 is 2.18 bits per heavy atom. The van der Waals surface area contributed by atoms with E-state index in [0.717, 1.165) is 8.48 Å². The molecule has 0 saturated heterocycles. The van der Waals surface area contributed by atoms with Gasteiger partial charge in [0.25, 0.3) is 0 Å². The fraction of sp³-hybridized carbons (Fsp3) is 0.333. The van der Waals surface area contributed by atoms with Gasteiger partial charge in [-0.05, 0) is 34.7 Å². The molecule has 0 aromatic carbocycles. The summed E-state index contributed by atoms with van der Waals surface area (Å²) >= 11 is 2.04. The van der Waals surface area contributed by atoms with Gasteiger partial charge < -0.3 is 4.90 Å². The number of alkyl halides is 2. The molecule has 0 spiro atoms. The van der Waals surface area contributed by atoms with Crippen LogP contribution in [0.25, 0.3) is 0 Å². The zero-order valence-corrected chi connectivity index (χ0v) is 9.38. The third-order valence-corrected chi connectivity index (χ3v) is 1.84. The van der Waals surface area contributed by atoms with Crippen LogP contribution in [-0.2, 0) is 0 Å². The molecule has 0 bridgehead atoms. The maximum Gasteiger partial charge on any atom is 0.315 e. The molecule has 1 aliphatic rings. The summed E-state index contributed by atoms with van der Waals surface area (Å²) in [6.07, 6.45) is 4.84. The molecule has 0 atom stereocenters. The molecule has 0 N–H and O–H groups in total. The Balaban J connectivity index is 0.000001000. The highest BCUT2D eigenvalue weighted by Crippen LogP contribution is 2.16. The van der Waals surface area contributed by atoms with E-state index in [4.69, 9.17) is 0 Å². The molecule has 1 rings (SSSR count). The average molecular weight is 338 g/mol. The van der Waals surface area contributed by atoms with Crippen molar-refractivity contribution in [2.45, 2.75) is 6.55 Å². The van der Waals surface area contributed by atoms with Crippen LogP contribution in [0, 0.1) is 0 Å². The van der Waals surface area contributed by atoms with E-state index in [0.29, 0.717) is 6.54 Å². The summed E-state index contributed by atoms with van der Waals surface area (Å²) in [5, 5.41) is 0. The Morgan fingerprint density at radius 1 is 1.55 bits per heavy atom. The normalized spacial score (nSPS) is 16.4. The van der Waals surface area contributed by atoms with Crippen molar-refractivity contribution in [3.05, 3.63) is 21.9 Å². The molecule has 0 aromatic rings.